The van der Waals surface area contributed by atoms with Gasteiger partial charge in [0.1, 0.15) is 18.1 Å². The average Bonchev–Trinajstić information content (AvgIpc) is 2.39. The van der Waals surface area contributed by atoms with Crippen LogP contribution in [0.25, 0.3) is 0 Å². The fourth-order valence-corrected chi connectivity index (χ4v) is 1.88. The number of carbonyl (C=O) groups excluding carboxylic acids is 1. The van der Waals surface area contributed by atoms with Gasteiger partial charge in [0.15, 0.2) is 6.29 Å². The lowest BCUT2D eigenvalue weighted by atomic mass is 9.87. The zero-order valence-corrected chi connectivity index (χ0v) is 10.9. The fraction of sp³-hybridized carbons (Fsp3) is 0.500. The molecule has 1 fully saturated rings. The third-order valence-electron chi connectivity index (χ3n) is 3.16. The van der Waals surface area contributed by atoms with E-state index in [1.165, 1.54) is 0 Å². The van der Waals surface area contributed by atoms with Crippen molar-refractivity contribution in [2.24, 2.45) is 5.41 Å². The standard InChI is InChI=1S/C14H18O4/c1-14(2)9-17-13(18-12(14)8-15)10-4-6-11(16-3)7-5-10/h4-8,12-13H,9H2,1-3H3/t12-,13-/m0/s1. The van der Waals surface area contributed by atoms with Crippen LogP contribution >= 0.6 is 0 Å². The zero-order valence-electron chi connectivity index (χ0n) is 10.9. The molecule has 2 rings (SSSR count). The summed E-state index contributed by atoms with van der Waals surface area (Å²) < 4.78 is 16.4. The first-order valence-electron chi connectivity index (χ1n) is 5.93. The van der Waals surface area contributed by atoms with Gasteiger partial charge in [0.05, 0.1) is 13.7 Å². The Morgan fingerprint density at radius 3 is 2.56 bits per heavy atom. The largest absolute Gasteiger partial charge is 0.497 e. The summed E-state index contributed by atoms with van der Waals surface area (Å²) in [4.78, 5) is 11.1. The predicted molar refractivity (Wildman–Crippen MR) is 66.4 cm³/mol. The summed E-state index contributed by atoms with van der Waals surface area (Å²) in [6, 6.07) is 7.45. The second-order valence-electron chi connectivity index (χ2n) is 5.10. The summed E-state index contributed by atoms with van der Waals surface area (Å²) in [5, 5.41) is 0. The lowest BCUT2D eigenvalue weighted by Crippen LogP contribution is -2.43. The summed E-state index contributed by atoms with van der Waals surface area (Å²) in [5.41, 5.74) is 0.600. The highest BCUT2D eigenvalue weighted by molar-refractivity contribution is 5.57. The molecular formula is C14H18O4. The molecule has 1 saturated heterocycles. The molecule has 1 heterocycles. The Labute approximate surface area is 107 Å². The first-order chi connectivity index (χ1) is 8.56. The third-order valence-corrected chi connectivity index (χ3v) is 3.16. The topological polar surface area (TPSA) is 44.8 Å². The van der Waals surface area contributed by atoms with E-state index in [1.54, 1.807) is 7.11 Å². The van der Waals surface area contributed by atoms with Gasteiger partial charge < -0.3 is 19.0 Å². The Bertz CT molecular complexity index is 410. The molecule has 0 radical (unpaired) electrons. The van der Waals surface area contributed by atoms with E-state index in [4.69, 9.17) is 14.2 Å². The molecule has 4 nitrogen and oxygen atoms in total. The van der Waals surface area contributed by atoms with Crippen molar-refractivity contribution in [3.05, 3.63) is 29.8 Å². The molecule has 0 unspecified atom stereocenters. The Kier molecular flexibility index (Phi) is 3.68. The number of carbonyl (C=O) groups is 1. The van der Waals surface area contributed by atoms with Crippen molar-refractivity contribution >= 4 is 6.29 Å². The van der Waals surface area contributed by atoms with E-state index in [0.29, 0.717) is 6.61 Å². The number of hydrogen-bond acceptors (Lipinski definition) is 4. The van der Waals surface area contributed by atoms with Crippen molar-refractivity contribution in [2.75, 3.05) is 13.7 Å². The van der Waals surface area contributed by atoms with Crippen LogP contribution in [-0.2, 0) is 14.3 Å². The predicted octanol–water partition coefficient (Wildman–Crippen LogP) is 2.33. The lowest BCUT2D eigenvalue weighted by Gasteiger charge is -2.39. The SMILES string of the molecule is COc1ccc([C@H]2OCC(C)(C)[C@H](C=O)O2)cc1. The monoisotopic (exact) mass is 250 g/mol. The van der Waals surface area contributed by atoms with Crippen LogP contribution in [0.3, 0.4) is 0 Å². The molecule has 0 bridgehead atoms. The number of hydrogen-bond donors (Lipinski definition) is 0. The van der Waals surface area contributed by atoms with Crippen molar-refractivity contribution < 1.29 is 19.0 Å². The Hall–Kier alpha value is -1.39. The number of rotatable bonds is 3. The van der Waals surface area contributed by atoms with Crippen LogP contribution in [0.15, 0.2) is 24.3 Å². The maximum Gasteiger partial charge on any atom is 0.184 e. The van der Waals surface area contributed by atoms with Gasteiger partial charge in [0.2, 0.25) is 0 Å². The highest BCUT2D eigenvalue weighted by Crippen LogP contribution is 2.35. The van der Waals surface area contributed by atoms with Gasteiger partial charge in [0, 0.05) is 11.0 Å². The van der Waals surface area contributed by atoms with Crippen molar-refractivity contribution in [3.63, 3.8) is 0 Å². The van der Waals surface area contributed by atoms with E-state index in [0.717, 1.165) is 17.6 Å². The van der Waals surface area contributed by atoms with Gasteiger partial charge in [-0.3, -0.25) is 0 Å². The quantitative estimate of drug-likeness (QED) is 0.772. The first kappa shape index (κ1) is 13.1. The van der Waals surface area contributed by atoms with Crippen molar-refractivity contribution in [3.8, 4) is 5.75 Å². The minimum Gasteiger partial charge on any atom is -0.497 e. The Morgan fingerprint density at radius 1 is 1.33 bits per heavy atom. The van der Waals surface area contributed by atoms with Crippen LogP contribution in [0, 0.1) is 5.41 Å². The van der Waals surface area contributed by atoms with Crippen LogP contribution in [0.1, 0.15) is 25.7 Å². The first-order valence-corrected chi connectivity index (χ1v) is 5.93. The van der Waals surface area contributed by atoms with Crippen molar-refractivity contribution in [1.29, 1.82) is 0 Å². The van der Waals surface area contributed by atoms with Crippen molar-refractivity contribution in [2.45, 2.75) is 26.2 Å². The van der Waals surface area contributed by atoms with Crippen LogP contribution in [0.2, 0.25) is 0 Å². The molecule has 0 aliphatic carbocycles. The van der Waals surface area contributed by atoms with Gasteiger partial charge in [-0.15, -0.1) is 0 Å². The Balaban J connectivity index is 2.12. The number of benzene rings is 1. The molecule has 2 atom stereocenters. The lowest BCUT2D eigenvalue weighted by molar-refractivity contribution is -0.253. The van der Waals surface area contributed by atoms with E-state index < -0.39 is 12.4 Å². The normalized spacial score (nSPS) is 26.6. The summed E-state index contributed by atoms with van der Waals surface area (Å²) in [7, 11) is 1.62. The van der Waals surface area contributed by atoms with Gasteiger partial charge in [0.25, 0.3) is 0 Å². The molecule has 18 heavy (non-hydrogen) atoms. The summed E-state index contributed by atoms with van der Waals surface area (Å²) in [5.74, 6) is 0.779. The number of ether oxygens (including phenoxy) is 3. The molecule has 1 aliphatic heterocycles. The molecule has 0 amide bonds. The second kappa shape index (κ2) is 5.08. The Morgan fingerprint density at radius 2 is 2.00 bits per heavy atom. The average molecular weight is 250 g/mol. The van der Waals surface area contributed by atoms with Crippen LogP contribution in [0.5, 0.6) is 5.75 Å². The van der Waals surface area contributed by atoms with Crippen LogP contribution in [-0.4, -0.2) is 26.1 Å². The van der Waals surface area contributed by atoms with Crippen LogP contribution < -0.4 is 4.74 Å². The van der Waals surface area contributed by atoms with E-state index in [9.17, 15) is 4.79 Å². The number of methoxy groups -OCH3 is 1. The molecule has 0 N–H and O–H groups in total. The molecule has 4 heteroatoms. The number of aldehydes is 1. The minimum atomic E-state index is -0.487. The fourth-order valence-electron chi connectivity index (χ4n) is 1.88. The van der Waals surface area contributed by atoms with Crippen molar-refractivity contribution in [1.82, 2.24) is 0 Å². The maximum atomic E-state index is 11.1. The van der Waals surface area contributed by atoms with E-state index in [2.05, 4.69) is 0 Å². The summed E-state index contributed by atoms with van der Waals surface area (Å²) >= 11 is 0. The summed E-state index contributed by atoms with van der Waals surface area (Å²) in [6.45, 7) is 4.40. The van der Waals surface area contributed by atoms with Crippen LogP contribution in [0.4, 0.5) is 0 Å². The van der Waals surface area contributed by atoms with E-state index in [-0.39, 0.29) is 5.41 Å². The smallest absolute Gasteiger partial charge is 0.184 e. The zero-order chi connectivity index (χ0) is 13.2. The second-order valence-corrected chi connectivity index (χ2v) is 5.10. The maximum absolute atomic E-state index is 11.1. The summed E-state index contributed by atoms with van der Waals surface area (Å²) in [6.07, 6.45) is -0.0866. The van der Waals surface area contributed by atoms with Gasteiger partial charge in [-0.2, -0.15) is 0 Å². The van der Waals surface area contributed by atoms with Gasteiger partial charge >= 0.3 is 0 Å². The molecule has 0 aromatic heterocycles. The van der Waals surface area contributed by atoms with Gasteiger partial charge in [-0.1, -0.05) is 26.0 Å². The third kappa shape index (κ3) is 2.54. The highest BCUT2D eigenvalue weighted by atomic mass is 16.7. The molecule has 1 aliphatic rings. The van der Waals surface area contributed by atoms with Gasteiger partial charge in [-0.05, 0) is 12.1 Å². The molecule has 98 valence electrons. The minimum absolute atomic E-state index is 0.287. The van der Waals surface area contributed by atoms with Gasteiger partial charge in [-0.25, -0.2) is 0 Å². The molecule has 0 spiro atoms. The van der Waals surface area contributed by atoms with E-state index >= 15 is 0 Å². The van der Waals surface area contributed by atoms with E-state index in [1.807, 2.05) is 38.1 Å². The molecule has 1 aromatic rings. The molecule has 1 aromatic carbocycles. The molecule has 0 saturated carbocycles. The molecular weight excluding hydrogens is 232 g/mol. The highest BCUT2D eigenvalue weighted by Gasteiger charge is 2.38.